The van der Waals surface area contributed by atoms with E-state index in [2.05, 4.69) is 10.6 Å². The Morgan fingerprint density at radius 1 is 0.837 bits per heavy atom. The fraction of sp³-hybridized carbons (Fsp3) is 0.692. The maximum atomic E-state index is 13.4. The SMILES string of the molecule is CC(C)C(N)C(=O)N1CCCC1C(=O)N1CCCC1C(=O)NCC(=O)NC(CCC(=O)O)C(=O)NC(CC(=O)O)C(=O)O. The molecule has 17 heteroatoms. The van der Waals surface area contributed by atoms with Crippen molar-refractivity contribution in [3.8, 4) is 0 Å². The normalized spacial score (nSPS) is 20.2. The van der Waals surface area contributed by atoms with E-state index in [-0.39, 0.29) is 24.3 Å². The average Bonchev–Trinajstić information content (AvgIpc) is 3.62. The lowest BCUT2D eigenvalue weighted by molar-refractivity contribution is -0.147. The quantitative estimate of drug-likeness (QED) is 0.101. The lowest BCUT2D eigenvalue weighted by Crippen LogP contribution is -2.56. The minimum atomic E-state index is -1.83. The predicted molar refractivity (Wildman–Crippen MR) is 146 cm³/mol. The van der Waals surface area contributed by atoms with Crippen LogP contribution in [0.1, 0.15) is 58.8 Å². The average molecular weight is 613 g/mol. The number of hydrogen-bond donors (Lipinski definition) is 7. The Bertz CT molecular complexity index is 1110. The first kappa shape index (κ1) is 34.9. The van der Waals surface area contributed by atoms with Crippen molar-refractivity contribution < 1.29 is 53.7 Å². The van der Waals surface area contributed by atoms with E-state index in [1.54, 1.807) is 13.8 Å². The highest BCUT2D eigenvalue weighted by molar-refractivity contribution is 5.96. The summed E-state index contributed by atoms with van der Waals surface area (Å²) in [4.78, 5) is 100. The first-order chi connectivity index (χ1) is 20.1. The van der Waals surface area contributed by atoms with E-state index in [1.807, 2.05) is 5.32 Å². The number of rotatable bonds is 15. The molecule has 0 saturated carbocycles. The zero-order valence-corrected chi connectivity index (χ0v) is 24.1. The largest absolute Gasteiger partial charge is 0.481 e. The van der Waals surface area contributed by atoms with Crippen molar-refractivity contribution in [3.05, 3.63) is 0 Å². The van der Waals surface area contributed by atoms with Gasteiger partial charge in [0.1, 0.15) is 24.2 Å². The third kappa shape index (κ3) is 9.90. The van der Waals surface area contributed by atoms with Crippen molar-refractivity contribution in [1.29, 1.82) is 0 Å². The second-order valence-corrected chi connectivity index (χ2v) is 10.9. The van der Waals surface area contributed by atoms with Crippen molar-refractivity contribution in [2.45, 2.75) is 89.0 Å². The van der Waals surface area contributed by atoms with Gasteiger partial charge in [-0.2, -0.15) is 0 Å². The molecule has 0 aromatic rings. The fourth-order valence-corrected chi connectivity index (χ4v) is 4.97. The van der Waals surface area contributed by atoms with Crippen LogP contribution in [0.25, 0.3) is 0 Å². The van der Waals surface area contributed by atoms with E-state index in [1.165, 1.54) is 9.80 Å². The molecule has 0 spiro atoms. The highest BCUT2D eigenvalue weighted by atomic mass is 16.4. The fourth-order valence-electron chi connectivity index (χ4n) is 4.97. The Hall–Kier alpha value is -4.28. The summed E-state index contributed by atoms with van der Waals surface area (Å²) < 4.78 is 0. The summed E-state index contributed by atoms with van der Waals surface area (Å²) in [6.45, 7) is 3.61. The maximum absolute atomic E-state index is 13.4. The predicted octanol–water partition coefficient (Wildman–Crippen LogP) is -2.54. The molecular weight excluding hydrogens is 572 g/mol. The van der Waals surface area contributed by atoms with Gasteiger partial charge >= 0.3 is 17.9 Å². The van der Waals surface area contributed by atoms with Crippen LogP contribution in [0.2, 0.25) is 0 Å². The number of carboxylic acids is 3. The maximum Gasteiger partial charge on any atom is 0.326 e. The van der Waals surface area contributed by atoms with Crippen LogP contribution in [-0.4, -0.2) is 122 Å². The van der Waals surface area contributed by atoms with Gasteiger partial charge in [0.2, 0.25) is 29.5 Å². The van der Waals surface area contributed by atoms with E-state index in [9.17, 15) is 38.4 Å². The summed E-state index contributed by atoms with van der Waals surface area (Å²) in [6, 6.07) is -5.79. The molecule has 0 aromatic carbocycles. The number of carbonyl (C=O) groups excluding carboxylic acids is 5. The number of nitrogens with one attached hydrogen (secondary N) is 3. The summed E-state index contributed by atoms with van der Waals surface area (Å²) in [5.74, 6) is -7.97. The molecule has 5 unspecified atom stereocenters. The summed E-state index contributed by atoms with van der Waals surface area (Å²) in [7, 11) is 0. The smallest absolute Gasteiger partial charge is 0.326 e. The number of nitrogens with two attached hydrogens (primary N) is 1. The van der Waals surface area contributed by atoms with Crippen molar-refractivity contribution in [2.24, 2.45) is 11.7 Å². The molecule has 2 rings (SSSR count). The number of likely N-dealkylation sites (tertiary alicyclic amines) is 2. The monoisotopic (exact) mass is 612 g/mol. The summed E-state index contributed by atoms with van der Waals surface area (Å²) in [5.41, 5.74) is 6.02. The number of nitrogens with zero attached hydrogens (tertiary/aromatic N) is 2. The van der Waals surface area contributed by atoms with Crippen LogP contribution in [0.3, 0.4) is 0 Å². The number of aliphatic carboxylic acids is 3. The van der Waals surface area contributed by atoms with Crippen LogP contribution in [0.15, 0.2) is 0 Å². The Balaban J connectivity index is 2.02. The molecule has 240 valence electrons. The van der Waals surface area contributed by atoms with Gasteiger partial charge in [0.05, 0.1) is 19.0 Å². The van der Waals surface area contributed by atoms with E-state index in [4.69, 9.17) is 21.1 Å². The highest BCUT2D eigenvalue weighted by Gasteiger charge is 2.43. The van der Waals surface area contributed by atoms with Gasteiger partial charge in [0.15, 0.2) is 0 Å². The highest BCUT2D eigenvalue weighted by Crippen LogP contribution is 2.26. The molecule has 43 heavy (non-hydrogen) atoms. The van der Waals surface area contributed by atoms with Crippen LogP contribution in [0.4, 0.5) is 0 Å². The first-order valence-electron chi connectivity index (χ1n) is 14.0. The molecule has 17 nitrogen and oxygen atoms in total. The topological polar surface area (TPSA) is 266 Å². The van der Waals surface area contributed by atoms with E-state index in [0.29, 0.717) is 32.2 Å². The molecule has 0 bridgehead atoms. The number of amides is 5. The minimum absolute atomic E-state index is 0.126. The van der Waals surface area contributed by atoms with Crippen LogP contribution < -0.4 is 21.7 Å². The van der Waals surface area contributed by atoms with Gasteiger partial charge in [0, 0.05) is 19.5 Å². The van der Waals surface area contributed by atoms with Gasteiger partial charge in [-0.25, -0.2) is 4.79 Å². The zero-order valence-electron chi connectivity index (χ0n) is 24.1. The Kier molecular flexibility index (Phi) is 12.8. The third-order valence-electron chi connectivity index (χ3n) is 7.38. The number of carboxylic acid groups (broad SMARTS) is 3. The summed E-state index contributed by atoms with van der Waals surface area (Å²) in [5, 5.41) is 33.6. The first-order valence-corrected chi connectivity index (χ1v) is 14.0. The van der Waals surface area contributed by atoms with Crippen molar-refractivity contribution in [3.63, 3.8) is 0 Å². The second kappa shape index (κ2) is 15.8. The van der Waals surface area contributed by atoms with Gasteiger partial charge in [-0.3, -0.25) is 33.6 Å². The molecule has 2 aliphatic rings. The molecule has 2 saturated heterocycles. The van der Waals surface area contributed by atoms with Gasteiger partial charge in [-0.1, -0.05) is 13.8 Å². The summed E-state index contributed by atoms with van der Waals surface area (Å²) in [6.07, 6.45) is -0.109. The molecule has 8 N–H and O–H groups in total. The summed E-state index contributed by atoms with van der Waals surface area (Å²) >= 11 is 0. The molecular formula is C26H40N6O11. The van der Waals surface area contributed by atoms with E-state index < -0.39 is 91.6 Å². The molecule has 2 aliphatic heterocycles. The van der Waals surface area contributed by atoms with Gasteiger partial charge in [-0.05, 0) is 38.0 Å². The standard InChI is InChI=1S/C26H40N6O11/c1-13(2)21(27)25(41)32-10-4-6-17(32)24(40)31-9-3-5-16(31)23(39)28-12-18(33)29-14(7-8-19(34)35)22(38)30-15(26(42)43)11-20(36)37/h13-17,21H,3-12,27H2,1-2H3,(H,28,39)(H,29,33)(H,30,38)(H,34,35)(H,36,37)(H,42,43). The van der Waals surface area contributed by atoms with Crippen molar-refractivity contribution in [2.75, 3.05) is 19.6 Å². The van der Waals surface area contributed by atoms with Crippen molar-refractivity contribution >= 4 is 47.4 Å². The van der Waals surface area contributed by atoms with Crippen LogP contribution in [0, 0.1) is 5.92 Å². The number of carbonyl (C=O) groups is 8. The van der Waals surface area contributed by atoms with Crippen molar-refractivity contribution in [1.82, 2.24) is 25.8 Å². The molecule has 2 fully saturated rings. The third-order valence-corrected chi connectivity index (χ3v) is 7.38. The molecule has 5 atom stereocenters. The Labute approximate surface area is 247 Å². The zero-order chi connectivity index (χ0) is 32.4. The molecule has 0 aromatic heterocycles. The molecule has 0 radical (unpaired) electrons. The molecule has 2 heterocycles. The van der Waals surface area contributed by atoms with Gasteiger partial charge < -0.3 is 46.8 Å². The van der Waals surface area contributed by atoms with E-state index >= 15 is 0 Å². The van der Waals surface area contributed by atoms with E-state index in [0.717, 1.165) is 0 Å². The van der Waals surface area contributed by atoms with Crippen LogP contribution in [0.5, 0.6) is 0 Å². The van der Waals surface area contributed by atoms with Crippen LogP contribution >= 0.6 is 0 Å². The lowest BCUT2D eigenvalue weighted by atomic mass is 10.0. The minimum Gasteiger partial charge on any atom is -0.481 e. The second-order valence-electron chi connectivity index (χ2n) is 10.9. The lowest BCUT2D eigenvalue weighted by Gasteiger charge is -2.32. The Morgan fingerprint density at radius 2 is 1.44 bits per heavy atom. The van der Waals surface area contributed by atoms with Gasteiger partial charge in [0.25, 0.3) is 0 Å². The number of hydrogen-bond acceptors (Lipinski definition) is 9. The Morgan fingerprint density at radius 3 is 2.00 bits per heavy atom. The van der Waals surface area contributed by atoms with Crippen LogP contribution in [-0.2, 0) is 38.4 Å². The van der Waals surface area contributed by atoms with Gasteiger partial charge in [-0.15, -0.1) is 0 Å². The molecule has 5 amide bonds. The molecule has 0 aliphatic carbocycles.